The van der Waals surface area contributed by atoms with Crippen molar-refractivity contribution >= 4 is 12.1 Å². The topological polar surface area (TPSA) is 103 Å². The maximum absolute atomic E-state index is 12.5. The molecule has 0 bridgehead atoms. The number of aromatic nitrogens is 2. The summed E-state index contributed by atoms with van der Waals surface area (Å²) in [6.45, 7) is -0.297. The standard InChI is InChI=1S/C23H25N3O5/c1-30-22(28)21(14-17-8-4-2-5-9-17)26-20(12-13-24-26)19(15-27)25-23(29)31-16-18-10-6-3-7-11-18/h2-13,19,21,27H,14-16H2,1H3,(H,25,29)/t19-,21-/m0/s1. The lowest BCUT2D eigenvalue weighted by molar-refractivity contribution is -0.145. The molecule has 0 spiro atoms. The average Bonchev–Trinajstić information content (AvgIpc) is 3.30. The first kappa shape index (κ1) is 22.0. The van der Waals surface area contributed by atoms with Gasteiger partial charge >= 0.3 is 12.1 Å². The average molecular weight is 423 g/mol. The van der Waals surface area contributed by atoms with E-state index in [1.54, 1.807) is 6.07 Å². The number of aliphatic hydroxyl groups excluding tert-OH is 1. The van der Waals surface area contributed by atoms with Gasteiger partial charge in [-0.2, -0.15) is 5.10 Å². The number of aliphatic hydroxyl groups is 1. The third-order valence-electron chi connectivity index (χ3n) is 4.79. The number of carbonyl (C=O) groups is 2. The van der Waals surface area contributed by atoms with Crippen LogP contribution in [0, 0.1) is 0 Å². The van der Waals surface area contributed by atoms with Gasteiger partial charge in [0.25, 0.3) is 0 Å². The van der Waals surface area contributed by atoms with Crippen LogP contribution in [0.2, 0.25) is 0 Å². The molecule has 0 aliphatic rings. The van der Waals surface area contributed by atoms with Gasteiger partial charge in [-0.15, -0.1) is 0 Å². The van der Waals surface area contributed by atoms with Crippen molar-refractivity contribution in [3.05, 3.63) is 89.7 Å². The number of methoxy groups -OCH3 is 1. The number of hydrogen-bond acceptors (Lipinski definition) is 6. The van der Waals surface area contributed by atoms with Gasteiger partial charge in [0.15, 0.2) is 6.04 Å². The number of amides is 1. The Balaban J connectivity index is 1.74. The van der Waals surface area contributed by atoms with Crippen LogP contribution in [0.1, 0.15) is 28.9 Å². The first-order chi connectivity index (χ1) is 15.1. The third-order valence-corrected chi connectivity index (χ3v) is 4.79. The first-order valence-electron chi connectivity index (χ1n) is 9.85. The van der Waals surface area contributed by atoms with E-state index < -0.39 is 30.8 Å². The quantitative estimate of drug-likeness (QED) is 0.513. The highest BCUT2D eigenvalue weighted by Crippen LogP contribution is 2.22. The molecule has 1 heterocycles. The summed E-state index contributed by atoms with van der Waals surface area (Å²) in [6.07, 6.45) is 1.17. The predicted molar refractivity (Wildman–Crippen MR) is 113 cm³/mol. The summed E-state index contributed by atoms with van der Waals surface area (Å²) < 4.78 is 11.7. The Bertz CT molecular complexity index is 975. The number of ether oxygens (including phenoxy) is 2. The van der Waals surface area contributed by atoms with E-state index in [4.69, 9.17) is 9.47 Å². The molecule has 0 unspecified atom stereocenters. The molecule has 8 heteroatoms. The highest BCUT2D eigenvalue weighted by molar-refractivity contribution is 5.74. The molecule has 0 fully saturated rings. The molecule has 0 aliphatic carbocycles. The molecule has 3 rings (SSSR count). The lowest BCUT2D eigenvalue weighted by Gasteiger charge is -2.22. The Kier molecular flexibility index (Phi) is 7.78. The van der Waals surface area contributed by atoms with E-state index in [1.165, 1.54) is 18.0 Å². The second-order valence-electron chi connectivity index (χ2n) is 6.87. The van der Waals surface area contributed by atoms with Gasteiger partial charge in [0.2, 0.25) is 0 Å². The predicted octanol–water partition coefficient (Wildman–Crippen LogP) is 2.80. The fourth-order valence-electron chi connectivity index (χ4n) is 3.22. The van der Waals surface area contributed by atoms with Crippen LogP contribution in [0.25, 0.3) is 0 Å². The Hall–Kier alpha value is -3.65. The van der Waals surface area contributed by atoms with Gasteiger partial charge in [0.05, 0.1) is 25.5 Å². The van der Waals surface area contributed by atoms with Crippen LogP contribution >= 0.6 is 0 Å². The number of esters is 1. The second-order valence-corrected chi connectivity index (χ2v) is 6.87. The zero-order valence-corrected chi connectivity index (χ0v) is 17.2. The number of nitrogens with one attached hydrogen (secondary N) is 1. The number of benzene rings is 2. The molecular formula is C23H25N3O5. The molecule has 162 valence electrons. The van der Waals surface area contributed by atoms with E-state index in [0.29, 0.717) is 12.1 Å². The van der Waals surface area contributed by atoms with Crippen molar-refractivity contribution in [2.45, 2.75) is 25.1 Å². The summed E-state index contributed by atoms with van der Waals surface area (Å²) in [7, 11) is 1.31. The molecule has 31 heavy (non-hydrogen) atoms. The minimum Gasteiger partial charge on any atom is -0.467 e. The van der Waals surface area contributed by atoms with Crippen LogP contribution in [0.15, 0.2) is 72.9 Å². The number of nitrogens with zero attached hydrogens (tertiary/aromatic N) is 2. The van der Waals surface area contributed by atoms with Gasteiger partial charge in [-0.25, -0.2) is 9.59 Å². The van der Waals surface area contributed by atoms with Crippen molar-refractivity contribution in [3.63, 3.8) is 0 Å². The van der Waals surface area contributed by atoms with Gasteiger partial charge in [0.1, 0.15) is 6.61 Å². The minimum absolute atomic E-state index is 0.100. The SMILES string of the molecule is COC(=O)[C@H](Cc1ccccc1)n1nccc1[C@H](CO)NC(=O)OCc1ccccc1. The molecule has 2 atom stereocenters. The lowest BCUT2D eigenvalue weighted by Crippen LogP contribution is -2.35. The van der Waals surface area contributed by atoms with Crippen molar-refractivity contribution in [1.82, 2.24) is 15.1 Å². The highest BCUT2D eigenvalue weighted by atomic mass is 16.5. The van der Waals surface area contributed by atoms with E-state index >= 15 is 0 Å². The van der Waals surface area contributed by atoms with Crippen molar-refractivity contribution in [3.8, 4) is 0 Å². The minimum atomic E-state index is -0.811. The van der Waals surface area contributed by atoms with E-state index in [1.807, 2.05) is 60.7 Å². The zero-order valence-electron chi connectivity index (χ0n) is 17.2. The smallest absolute Gasteiger partial charge is 0.408 e. The van der Waals surface area contributed by atoms with E-state index in [9.17, 15) is 14.7 Å². The third kappa shape index (κ3) is 5.93. The van der Waals surface area contributed by atoms with Crippen LogP contribution in [0.4, 0.5) is 4.79 Å². The van der Waals surface area contributed by atoms with Gasteiger partial charge in [0, 0.05) is 12.6 Å². The second kappa shape index (κ2) is 10.9. The Morgan fingerprint density at radius 1 is 1.03 bits per heavy atom. The summed E-state index contributed by atoms with van der Waals surface area (Å²) in [4.78, 5) is 24.8. The Morgan fingerprint density at radius 2 is 1.68 bits per heavy atom. The summed E-state index contributed by atoms with van der Waals surface area (Å²) in [5.74, 6) is -0.475. The molecule has 0 saturated heterocycles. The van der Waals surface area contributed by atoms with E-state index in [2.05, 4.69) is 10.4 Å². The number of alkyl carbamates (subject to hydrolysis) is 1. The summed E-state index contributed by atoms with van der Waals surface area (Å²) in [5.41, 5.74) is 2.23. The summed E-state index contributed by atoms with van der Waals surface area (Å²) in [5, 5.41) is 16.8. The molecule has 0 aliphatic heterocycles. The molecular weight excluding hydrogens is 398 g/mol. The summed E-state index contributed by atoms with van der Waals surface area (Å²) >= 11 is 0. The molecule has 0 saturated carbocycles. The van der Waals surface area contributed by atoms with Gasteiger partial charge in [-0.1, -0.05) is 60.7 Å². The first-order valence-corrected chi connectivity index (χ1v) is 9.85. The van der Waals surface area contributed by atoms with E-state index in [-0.39, 0.29) is 6.61 Å². The molecule has 2 N–H and O–H groups in total. The fraction of sp³-hybridized carbons (Fsp3) is 0.261. The van der Waals surface area contributed by atoms with Crippen LogP contribution in [-0.2, 0) is 27.3 Å². The Labute approximate surface area is 180 Å². The van der Waals surface area contributed by atoms with Gasteiger partial charge in [-0.3, -0.25) is 4.68 Å². The molecule has 1 aromatic heterocycles. The maximum Gasteiger partial charge on any atom is 0.408 e. The number of rotatable bonds is 9. The number of hydrogen-bond donors (Lipinski definition) is 2. The molecule has 3 aromatic rings. The molecule has 8 nitrogen and oxygen atoms in total. The van der Waals surface area contributed by atoms with Crippen LogP contribution in [0.5, 0.6) is 0 Å². The van der Waals surface area contributed by atoms with Crippen molar-refractivity contribution < 1.29 is 24.2 Å². The molecule has 2 aromatic carbocycles. The highest BCUT2D eigenvalue weighted by Gasteiger charge is 2.28. The van der Waals surface area contributed by atoms with Crippen molar-refractivity contribution in [2.75, 3.05) is 13.7 Å². The number of carbonyl (C=O) groups excluding carboxylic acids is 2. The van der Waals surface area contributed by atoms with E-state index in [0.717, 1.165) is 11.1 Å². The fourth-order valence-corrected chi connectivity index (χ4v) is 3.22. The van der Waals surface area contributed by atoms with Gasteiger partial charge in [-0.05, 0) is 17.2 Å². The monoisotopic (exact) mass is 423 g/mol. The normalized spacial score (nSPS) is 12.6. The summed E-state index contributed by atoms with van der Waals surface area (Å²) in [6, 6.07) is 18.8. The zero-order chi connectivity index (χ0) is 22.1. The molecule has 0 radical (unpaired) electrons. The van der Waals surface area contributed by atoms with Crippen LogP contribution in [0.3, 0.4) is 0 Å². The Morgan fingerprint density at radius 3 is 2.29 bits per heavy atom. The maximum atomic E-state index is 12.5. The lowest BCUT2D eigenvalue weighted by atomic mass is 10.1. The van der Waals surface area contributed by atoms with Crippen LogP contribution in [-0.4, -0.2) is 40.7 Å². The van der Waals surface area contributed by atoms with Crippen molar-refractivity contribution in [2.24, 2.45) is 0 Å². The molecule has 1 amide bonds. The van der Waals surface area contributed by atoms with Crippen molar-refractivity contribution in [1.29, 1.82) is 0 Å². The van der Waals surface area contributed by atoms with Gasteiger partial charge < -0.3 is 19.9 Å². The largest absolute Gasteiger partial charge is 0.467 e. The van der Waals surface area contributed by atoms with Crippen LogP contribution < -0.4 is 5.32 Å².